The molecule has 5 nitrogen and oxygen atoms in total. The van der Waals surface area contributed by atoms with E-state index in [1.165, 1.54) is 0 Å². The van der Waals surface area contributed by atoms with E-state index in [0.29, 0.717) is 19.0 Å². The van der Waals surface area contributed by atoms with Crippen LogP contribution in [0.15, 0.2) is 24.3 Å². The lowest BCUT2D eigenvalue weighted by molar-refractivity contribution is -0.121. The lowest BCUT2D eigenvalue weighted by atomic mass is 10.3. The van der Waals surface area contributed by atoms with Crippen molar-refractivity contribution in [1.82, 2.24) is 20.3 Å². The molecule has 0 atom stereocenters. The maximum Gasteiger partial charge on any atom is 0.222 e. The van der Waals surface area contributed by atoms with E-state index in [9.17, 15) is 4.79 Å². The Kier molecular flexibility index (Phi) is 3.36. The maximum atomic E-state index is 11.2. The van der Waals surface area contributed by atoms with Crippen molar-refractivity contribution < 1.29 is 4.79 Å². The van der Waals surface area contributed by atoms with Crippen LogP contribution in [0.4, 0.5) is 0 Å². The van der Waals surface area contributed by atoms with Gasteiger partial charge in [0.25, 0.3) is 0 Å². The molecule has 0 aliphatic heterocycles. The summed E-state index contributed by atoms with van der Waals surface area (Å²) in [4.78, 5) is 11.2. The van der Waals surface area contributed by atoms with Gasteiger partial charge in [-0.3, -0.25) is 4.79 Å². The molecule has 16 heavy (non-hydrogen) atoms. The normalized spacial score (nSPS) is 10.6. The minimum atomic E-state index is -0.0884. The van der Waals surface area contributed by atoms with E-state index in [2.05, 4.69) is 15.6 Å². The fraction of sp³-hybridized carbons (Fsp3) is 0.300. The summed E-state index contributed by atoms with van der Waals surface area (Å²) in [6.07, 6.45) is 0.314. The summed E-state index contributed by atoms with van der Waals surface area (Å²) >= 11 is 5.46. The molecule has 0 unspecified atom stereocenters. The Bertz CT molecular complexity index is 496. The van der Waals surface area contributed by atoms with E-state index in [1.807, 2.05) is 24.3 Å². The first-order chi connectivity index (χ1) is 7.81. The Morgan fingerprint density at radius 1 is 1.44 bits per heavy atom. The lowest BCUT2D eigenvalue weighted by Gasteiger charge is -2.04. The number of fused-ring (bicyclic) bond motifs is 1. The molecule has 0 spiro atoms. The number of carbonyl (C=O) groups is 1. The van der Waals surface area contributed by atoms with Gasteiger partial charge in [0.2, 0.25) is 5.91 Å². The number of carbonyl (C=O) groups excluding carboxylic acids is 1. The third-order valence-electron chi connectivity index (χ3n) is 2.17. The molecule has 0 saturated heterocycles. The van der Waals surface area contributed by atoms with Crippen LogP contribution in [0.5, 0.6) is 0 Å². The maximum absolute atomic E-state index is 11.2. The van der Waals surface area contributed by atoms with Gasteiger partial charge in [0, 0.05) is 12.3 Å². The van der Waals surface area contributed by atoms with E-state index >= 15 is 0 Å². The smallest absolute Gasteiger partial charge is 0.222 e. The standard InChI is InChI=1S/C10H11ClN4O/c11-6-5-10(16)12-7-15-9-4-2-1-3-8(9)13-14-15/h1-4H,5-7H2,(H,12,16). The number of amides is 1. The number of aromatic nitrogens is 3. The molecular weight excluding hydrogens is 228 g/mol. The summed E-state index contributed by atoms with van der Waals surface area (Å²) in [6, 6.07) is 7.58. The summed E-state index contributed by atoms with van der Waals surface area (Å²) in [5.74, 6) is 0.235. The zero-order valence-corrected chi connectivity index (χ0v) is 9.31. The van der Waals surface area contributed by atoms with Crippen molar-refractivity contribution in [3.05, 3.63) is 24.3 Å². The largest absolute Gasteiger partial charge is 0.337 e. The van der Waals surface area contributed by atoms with Crippen LogP contribution in [0.3, 0.4) is 0 Å². The highest BCUT2D eigenvalue weighted by Gasteiger charge is 2.04. The number of nitrogens with zero attached hydrogens (tertiary/aromatic N) is 3. The number of hydrogen-bond donors (Lipinski definition) is 1. The molecule has 6 heteroatoms. The SMILES string of the molecule is O=C(CCCl)NCn1nnc2ccccc21. The first-order valence-electron chi connectivity index (χ1n) is 4.92. The minimum absolute atomic E-state index is 0.0884. The zero-order chi connectivity index (χ0) is 11.4. The van der Waals surface area contributed by atoms with E-state index in [-0.39, 0.29) is 5.91 Å². The number of para-hydroxylation sites is 1. The summed E-state index contributed by atoms with van der Waals surface area (Å²) in [5.41, 5.74) is 1.71. The van der Waals surface area contributed by atoms with E-state index in [1.54, 1.807) is 4.68 Å². The Morgan fingerprint density at radius 3 is 3.06 bits per heavy atom. The van der Waals surface area contributed by atoms with Crippen molar-refractivity contribution in [2.75, 3.05) is 5.88 Å². The van der Waals surface area contributed by atoms with Gasteiger partial charge in [-0.05, 0) is 12.1 Å². The van der Waals surface area contributed by atoms with Gasteiger partial charge >= 0.3 is 0 Å². The average molecular weight is 239 g/mol. The van der Waals surface area contributed by atoms with Crippen LogP contribution in [0.2, 0.25) is 0 Å². The molecule has 1 N–H and O–H groups in total. The highest BCUT2D eigenvalue weighted by Crippen LogP contribution is 2.08. The molecule has 1 aromatic heterocycles. The molecule has 0 fully saturated rings. The molecule has 2 rings (SSSR count). The highest BCUT2D eigenvalue weighted by atomic mass is 35.5. The average Bonchev–Trinajstić information content (AvgIpc) is 2.70. The molecule has 1 heterocycles. The Hall–Kier alpha value is -1.62. The van der Waals surface area contributed by atoms with Crippen LogP contribution in [0.1, 0.15) is 6.42 Å². The van der Waals surface area contributed by atoms with Gasteiger partial charge in [0.15, 0.2) is 0 Å². The van der Waals surface area contributed by atoms with Gasteiger partial charge < -0.3 is 5.32 Å². The second-order valence-electron chi connectivity index (χ2n) is 3.27. The molecule has 1 amide bonds. The molecule has 0 aliphatic rings. The molecule has 2 aromatic rings. The topological polar surface area (TPSA) is 59.8 Å². The zero-order valence-electron chi connectivity index (χ0n) is 8.56. The Balaban J connectivity index is 2.07. The predicted molar refractivity (Wildman–Crippen MR) is 61.0 cm³/mol. The van der Waals surface area contributed by atoms with Crippen molar-refractivity contribution in [3.63, 3.8) is 0 Å². The van der Waals surface area contributed by atoms with Gasteiger partial charge in [-0.2, -0.15) is 0 Å². The molecule has 0 bridgehead atoms. The van der Waals surface area contributed by atoms with Crippen molar-refractivity contribution in [3.8, 4) is 0 Å². The van der Waals surface area contributed by atoms with Gasteiger partial charge in [0.1, 0.15) is 12.2 Å². The molecular formula is C10H11ClN4O. The second kappa shape index (κ2) is 4.94. The van der Waals surface area contributed by atoms with Crippen molar-refractivity contribution in [1.29, 1.82) is 0 Å². The lowest BCUT2D eigenvalue weighted by Crippen LogP contribution is -2.26. The van der Waals surface area contributed by atoms with Gasteiger partial charge in [-0.25, -0.2) is 4.68 Å². The van der Waals surface area contributed by atoms with E-state index in [4.69, 9.17) is 11.6 Å². The van der Waals surface area contributed by atoms with Crippen molar-refractivity contribution in [2.45, 2.75) is 13.1 Å². The number of halogens is 1. The van der Waals surface area contributed by atoms with E-state index < -0.39 is 0 Å². The van der Waals surface area contributed by atoms with Crippen LogP contribution < -0.4 is 5.32 Å². The van der Waals surface area contributed by atoms with Gasteiger partial charge in [0.05, 0.1) is 5.52 Å². The summed E-state index contributed by atoms with van der Waals surface area (Å²) in [5, 5.41) is 10.6. The van der Waals surface area contributed by atoms with Crippen LogP contribution in [-0.2, 0) is 11.5 Å². The Morgan fingerprint density at radius 2 is 2.25 bits per heavy atom. The van der Waals surface area contributed by atoms with Crippen LogP contribution in [0, 0.1) is 0 Å². The first-order valence-corrected chi connectivity index (χ1v) is 5.45. The second-order valence-corrected chi connectivity index (χ2v) is 3.65. The monoisotopic (exact) mass is 238 g/mol. The summed E-state index contributed by atoms with van der Waals surface area (Å²) in [6.45, 7) is 0.316. The number of hydrogen-bond acceptors (Lipinski definition) is 3. The summed E-state index contributed by atoms with van der Waals surface area (Å²) < 4.78 is 1.64. The van der Waals surface area contributed by atoms with Crippen LogP contribution in [-0.4, -0.2) is 26.8 Å². The van der Waals surface area contributed by atoms with Crippen LogP contribution in [0.25, 0.3) is 11.0 Å². The number of rotatable bonds is 4. The first kappa shape index (κ1) is 10.9. The van der Waals surface area contributed by atoms with Crippen LogP contribution >= 0.6 is 11.6 Å². The van der Waals surface area contributed by atoms with E-state index in [0.717, 1.165) is 11.0 Å². The third kappa shape index (κ3) is 2.30. The third-order valence-corrected chi connectivity index (χ3v) is 2.36. The number of benzene rings is 1. The molecule has 84 valence electrons. The molecule has 0 aliphatic carbocycles. The van der Waals surface area contributed by atoms with Gasteiger partial charge in [-0.1, -0.05) is 17.3 Å². The molecule has 1 aromatic carbocycles. The van der Waals surface area contributed by atoms with Crippen molar-refractivity contribution >= 4 is 28.5 Å². The Labute approximate surface area is 97.4 Å². The minimum Gasteiger partial charge on any atom is -0.337 e. The van der Waals surface area contributed by atoms with Crippen molar-refractivity contribution in [2.24, 2.45) is 0 Å². The summed E-state index contributed by atoms with van der Waals surface area (Å²) in [7, 11) is 0. The fourth-order valence-electron chi connectivity index (χ4n) is 1.37. The number of nitrogens with one attached hydrogen (secondary N) is 1. The predicted octanol–water partition coefficient (Wildman–Crippen LogP) is 1.13. The molecule has 0 saturated carbocycles. The fourth-order valence-corrected chi connectivity index (χ4v) is 1.54. The number of alkyl halides is 1. The van der Waals surface area contributed by atoms with Gasteiger partial charge in [-0.15, -0.1) is 16.7 Å². The quantitative estimate of drug-likeness (QED) is 0.813. The molecule has 0 radical (unpaired) electrons. The highest BCUT2D eigenvalue weighted by molar-refractivity contribution is 6.18.